The molecular formula is C19H35N3O3. The fourth-order valence-electron chi connectivity index (χ4n) is 4.85. The Bertz CT molecular complexity index is 420. The Hall–Kier alpha value is -0.690. The zero-order valence-electron chi connectivity index (χ0n) is 15.5. The second-order valence-electron chi connectivity index (χ2n) is 7.82. The predicted molar refractivity (Wildman–Crippen MR) is 97.5 cm³/mol. The van der Waals surface area contributed by atoms with E-state index >= 15 is 0 Å². The van der Waals surface area contributed by atoms with Gasteiger partial charge in [-0.1, -0.05) is 25.7 Å². The molecule has 0 bridgehead atoms. The van der Waals surface area contributed by atoms with Gasteiger partial charge in [-0.2, -0.15) is 0 Å². The van der Waals surface area contributed by atoms with E-state index in [9.17, 15) is 9.90 Å². The van der Waals surface area contributed by atoms with E-state index < -0.39 is 0 Å². The molecule has 1 atom stereocenters. The smallest absolute Gasteiger partial charge is 0.240 e. The average molecular weight is 354 g/mol. The predicted octanol–water partition coefficient (Wildman–Crippen LogP) is 0.985. The molecule has 0 aromatic carbocycles. The summed E-state index contributed by atoms with van der Waals surface area (Å²) in [5.74, 6) is 0.214. The Balaban J connectivity index is 1.55. The summed E-state index contributed by atoms with van der Waals surface area (Å²) >= 11 is 0. The SMILES string of the molecule is O=C(NCCN1CCCCC1CO)C1(N2CCOCC2)CCCCC1. The molecule has 0 radical (unpaired) electrons. The van der Waals surface area contributed by atoms with Crippen LogP contribution in [0.15, 0.2) is 0 Å². The van der Waals surface area contributed by atoms with E-state index in [1.54, 1.807) is 0 Å². The Morgan fingerprint density at radius 2 is 1.84 bits per heavy atom. The minimum Gasteiger partial charge on any atom is -0.395 e. The maximum absolute atomic E-state index is 13.2. The molecule has 6 nitrogen and oxygen atoms in total. The maximum atomic E-state index is 13.2. The number of morpholine rings is 1. The van der Waals surface area contributed by atoms with Gasteiger partial charge in [0.25, 0.3) is 0 Å². The van der Waals surface area contributed by atoms with Crippen LogP contribution >= 0.6 is 0 Å². The van der Waals surface area contributed by atoms with E-state index in [-0.39, 0.29) is 24.1 Å². The molecular weight excluding hydrogens is 318 g/mol. The standard InChI is InChI=1S/C19H35N3O3/c23-16-17-6-2-5-10-21(17)11-9-20-18(24)19(7-3-1-4-8-19)22-12-14-25-15-13-22/h17,23H,1-16H2,(H,20,24). The van der Waals surface area contributed by atoms with Gasteiger partial charge in [0.2, 0.25) is 5.91 Å². The lowest BCUT2D eigenvalue weighted by Gasteiger charge is -2.46. The van der Waals surface area contributed by atoms with Gasteiger partial charge in [0, 0.05) is 32.2 Å². The van der Waals surface area contributed by atoms with Crippen molar-refractivity contribution in [3.8, 4) is 0 Å². The van der Waals surface area contributed by atoms with E-state index in [0.29, 0.717) is 6.54 Å². The molecule has 6 heteroatoms. The molecule has 3 aliphatic rings. The van der Waals surface area contributed by atoms with Crippen molar-refractivity contribution >= 4 is 5.91 Å². The molecule has 1 aliphatic carbocycles. The fourth-order valence-corrected chi connectivity index (χ4v) is 4.85. The van der Waals surface area contributed by atoms with E-state index in [0.717, 1.165) is 71.5 Å². The largest absolute Gasteiger partial charge is 0.395 e. The molecule has 2 saturated heterocycles. The third-order valence-corrected chi connectivity index (χ3v) is 6.36. The number of rotatable bonds is 6. The van der Waals surface area contributed by atoms with Gasteiger partial charge in [0.05, 0.1) is 19.8 Å². The van der Waals surface area contributed by atoms with Gasteiger partial charge >= 0.3 is 0 Å². The highest BCUT2D eigenvalue weighted by Crippen LogP contribution is 2.34. The van der Waals surface area contributed by atoms with Crippen molar-refractivity contribution in [2.24, 2.45) is 0 Å². The number of nitrogens with one attached hydrogen (secondary N) is 1. The van der Waals surface area contributed by atoms with Crippen LogP contribution in [0.5, 0.6) is 0 Å². The normalized spacial score (nSPS) is 28.6. The summed E-state index contributed by atoms with van der Waals surface area (Å²) in [4.78, 5) is 17.9. The van der Waals surface area contributed by atoms with Crippen LogP contribution < -0.4 is 5.32 Å². The monoisotopic (exact) mass is 353 g/mol. The highest BCUT2D eigenvalue weighted by Gasteiger charge is 2.44. The number of hydrogen-bond donors (Lipinski definition) is 2. The van der Waals surface area contributed by atoms with Crippen molar-refractivity contribution in [2.75, 3.05) is 52.5 Å². The van der Waals surface area contributed by atoms with Crippen LogP contribution in [-0.2, 0) is 9.53 Å². The summed E-state index contributed by atoms with van der Waals surface area (Å²) in [6, 6.07) is 0.272. The van der Waals surface area contributed by atoms with Gasteiger partial charge in [0.1, 0.15) is 5.54 Å². The van der Waals surface area contributed by atoms with Gasteiger partial charge in [0.15, 0.2) is 0 Å². The topological polar surface area (TPSA) is 65.0 Å². The van der Waals surface area contributed by atoms with Crippen molar-refractivity contribution in [1.82, 2.24) is 15.1 Å². The Kier molecular flexibility index (Phi) is 7.10. The molecule has 2 heterocycles. The Morgan fingerprint density at radius 3 is 2.56 bits per heavy atom. The van der Waals surface area contributed by atoms with E-state index in [2.05, 4.69) is 15.1 Å². The van der Waals surface area contributed by atoms with Crippen LogP contribution in [0.1, 0.15) is 51.4 Å². The van der Waals surface area contributed by atoms with Crippen LogP contribution in [0.2, 0.25) is 0 Å². The number of likely N-dealkylation sites (tertiary alicyclic amines) is 1. The molecule has 1 unspecified atom stereocenters. The molecule has 2 aliphatic heterocycles. The summed E-state index contributed by atoms with van der Waals surface area (Å²) in [7, 11) is 0. The second-order valence-corrected chi connectivity index (χ2v) is 7.82. The molecule has 0 spiro atoms. The summed E-state index contributed by atoms with van der Waals surface area (Å²) in [6.07, 6.45) is 8.94. The molecule has 144 valence electrons. The van der Waals surface area contributed by atoms with E-state index in [4.69, 9.17) is 4.74 Å². The first-order valence-electron chi connectivity index (χ1n) is 10.2. The number of carbonyl (C=O) groups excluding carboxylic acids is 1. The summed E-state index contributed by atoms with van der Waals surface area (Å²) < 4.78 is 5.50. The second kappa shape index (κ2) is 9.31. The number of aliphatic hydroxyl groups excluding tert-OH is 1. The first-order valence-corrected chi connectivity index (χ1v) is 10.2. The van der Waals surface area contributed by atoms with Gasteiger partial charge < -0.3 is 15.2 Å². The number of carbonyl (C=O) groups is 1. The van der Waals surface area contributed by atoms with Crippen LogP contribution in [-0.4, -0.2) is 84.9 Å². The maximum Gasteiger partial charge on any atom is 0.240 e. The van der Waals surface area contributed by atoms with E-state index in [1.165, 1.54) is 19.3 Å². The lowest BCUT2D eigenvalue weighted by Crippen LogP contribution is -2.62. The third kappa shape index (κ3) is 4.54. The van der Waals surface area contributed by atoms with Gasteiger partial charge in [-0.05, 0) is 32.2 Å². The number of aliphatic hydroxyl groups is 1. The van der Waals surface area contributed by atoms with E-state index in [1.807, 2.05) is 0 Å². The Labute approximate surface area is 151 Å². The first kappa shape index (κ1) is 19.1. The van der Waals surface area contributed by atoms with Crippen LogP contribution in [0.25, 0.3) is 0 Å². The molecule has 3 rings (SSSR count). The van der Waals surface area contributed by atoms with Crippen molar-refractivity contribution in [2.45, 2.75) is 62.9 Å². The number of nitrogens with zero attached hydrogens (tertiary/aromatic N) is 2. The highest BCUT2D eigenvalue weighted by molar-refractivity contribution is 5.86. The highest BCUT2D eigenvalue weighted by atomic mass is 16.5. The van der Waals surface area contributed by atoms with Crippen molar-refractivity contribution in [3.63, 3.8) is 0 Å². The minimum absolute atomic E-state index is 0.214. The number of hydrogen-bond acceptors (Lipinski definition) is 5. The van der Waals surface area contributed by atoms with Gasteiger partial charge in [-0.15, -0.1) is 0 Å². The molecule has 1 amide bonds. The lowest BCUT2D eigenvalue weighted by atomic mass is 9.79. The molecule has 0 aromatic heterocycles. The summed E-state index contributed by atoms with van der Waals surface area (Å²) in [5, 5.41) is 12.8. The molecule has 3 fully saturated rings. The molecule has 1 saturated carbocycles. The quantitative estimate of drug-likeness (QED) is 0.745. The minimum atomic E-state index is -0.319. The third-order valence-electron chi connectivity index (χ3n) is 6.36. The summed E-state index contributed by atoms with van der Waals surface area (Å²) in [6.45, 7) is 6.00. The molecule has 2 N–H and O–H groups in total. The Morgan fingerprint density at radius 1 is 1.08 bits per heavy atom. The first-order chi connectivity index (χ1) is 12.3. The zero-order chi connectivity index (χ0) is 17.5. The number of piperidine rings is 1. The fraction of sp³-hybridized carbons (Fsp3) is 0.947. The molecule has 0 aromatic rings. The van der Waals surface area contributed by atoms with Crippen molar-refractivity contribution < 1.29 is 14.6 Å². The number of amides is 1. The van der Waals surface area contributed by atoms with Crippen molar-refractivity contribution in [1.29, 1.82) is 0 Å². The zero-order valence-corrected chi connectivity index (χ0v) is 15.5. The molecule has 25 heavy (non-hydrogen) atoms. The van der Waals surface area contributed by atoms with Gasteiger partial charge in [-0.3, -0.25) is 14.6 Å². The number of ether oxygens (including phenoxy) is 1. The summed E-state index contributed by atoms with van der Waals surface area (Å²) in [5.41, 5.74) is -0.319. The average Bonchev–Trinajstić information content (AvgIpc) is 2.69. The van der Waals surface area contributed by atoms with Crippen molar-refractivity contribution in [3.05, 3.63) is 0 Å². The van der Waals surface area contributed by atoms with Crippen LogP contribution in [0.3, 0.4) is 0 Å². The van der Waals surface area contributed by atoms with Crippen LogP contribution in [0, 0.1) is 0 Å². The van der Waals surface area contributed by atoms with Gasteiger partial charge in [-0.25, -0.2) is 0 Å². The van der Waals surface area contributed by atoms with Crippen LogP contribution in [0.4, 0.5) is 0 Å². The lowest BCUT2D eigenvalue weighted by molar-refractivity contribution is -0.140.